The fraction of sp³-hybridized carbons (Fsp3) is 1.00. The fourth-order valence-corrected chi connectivity index (χ4v) is 6.90. The van der Waals surface area contributed by atoms with Crippen LogP contribution in [-0.4, -0.2) is 19.8 Å². The maximum atomic E-state index is 9.10. The first-order chi connectivity index (χ1) is 4.81. The van der Waals surface area contributed by atoms with Crippen molar-refractivity contribution in [2.24, 2.45) is 11.3 Å². The van der Waals surface area contributed by atoms with Crippen LogP contribution in [0.1, 0.15) is 13.8 Å². The molecular weight excluding hydrogens is 152 g/mol. The highest BCUT2D eigenvalue weighted by Gasteiger charge is 2.61. The summed E-state index contributed by atoms with van der Waals surface area (Å²) in [5.74, 6) is 0.592. The van der Waals surface area contributed by atoms with Crippen LogP contribution in [0, 0.1) is 11.3 Å². The van der Waals surface area contributed by atoms with Crippen LogP contribution in [-0.2, 0) is 0 Å². The standard InChI is InChI=1S/C9H20OSi/c1-9(2)7(6-10)8(9)11(3,4)5/h7-8,10H,6H2,1-5H3. The molecule has 1 saturated carbocycles. The molecule has 0 aromatic rings. The Bertz CT molecular complexity index is 157. The minimum absolute atomic E-state index is 0.391. The zero-order valence-electron chi connectivity index (χ0n) is 8.31. The molecule has 1 N–H and O–H groups in total. The molecule has 2 heteroatoms. The molecule has 66 valence electrons. The van der Waals surface area contributed by atoms with Gasteiger partial charge in [0.05, 0.1) is 0 Å². The summed E-state index contributed by atoms with van der Waals surface area (Å²) in [4.78, 5) is 0. The summed E-state index contributed by atoms with van der Waals surface area (Å²) in [5.41, 5.74) is 1.26. The van der Waals surface area contributed by atoms with E-state index in [4.69, 9.17) is 5.11 Å². The number of aliphatic hydroxyl groups excluding tert-OH is 1. The highest BCUT2D eigenvalue weighted by Crippen LogP contribution is 2.67. The number of aliphatic hydroxyl groups is 1. The van der Waals surface area contributed by atoms with Gasteiger partial charge in [-0.15, -0.1) is 0 Å². The summed E-state index contributed by atoms with van der Waals surface area (Å²) in [5, 5.41) is 9.10. The van der Waals surface area contributed by atoms with E-state index in [1.165, 1.54) is 0 Å². The minimum Gasteiger partial charge on any atom is -0.396 e. The first kappa shape index (κ1) is 9.27. The van der Waals surface area contributed by atoms with E-state index in [0.717, 1.165) is 5.54 Å². The Labute approximate surface area is 70.8 Å². The van der Waals surface area contributed by atoms with Gasteiger partial charge in [0.1, 0.15) is 0 Å². The maximum absolute atomic E-state index is 9.10. The summed E-state index contributed by atoms with van der Waals surface area (Å²) >= 11 is 0. The predicted molar refractivity (Wildman–Crippen MR) is 51.5 cm³/mol. The zero-order chi connectivity index (χ0) is 8.86. The van der Waals surface area contributed by atoms with Crippen LogP contribution < -0.4 is 0 Å². The third-order valence-electron chi connectivity index (χ3n) is 3.18. The van der Waals surface area contributed by atoms with Crippen molar-refractivity contribution >= 4 is 8.07 Å². The van der Waals surface area contributed by atoms with Gasteiger partial charge < -0.3 is 5.11 Å². The third-order valence-corrected chi connectivity index (χ3v) is 6.19. The fourth-order valence-electron chi connectivity index (χ4n) is 2.80. The van der Waals surface area contributed by atoms with Crippen molar-refractivity contribution in [3.05, 3.63) is 0 Å². The van der Waals surface area contributed by atoms with Crippen LogP contribution in [0.4, 0.5) is 0 Å². The third kappa shape index (κ3) is 1.38. The summed E-state index contributed by atoms with van der Waals surface area (Å²) in [6.07, 6.45) is 0. The van der Waals surface area contributed by atoms with Gasteiger partial charge in [0.25, 0.3) is 0 Å². The molecule has 0 aromatic carbocycles. The smallest absolute Gasteiger partial charge is 0.0483 e. The van der Waals surface area contributed by atoms with Gasteiger partial charge in [-0.05, 0) is 16.9 Å². The molecule has 1 nitrogen and oxygen atoms in total. The van der Waals surface area contributed by atoms with Crippen LogP contribution in [0.3, 0.4) is 0 Å². The van der Waals surface area contributed by atoms with Crippen LogP contribution in [0.5, 0.6) is 0 Å². The summed E-state index contributed by atoms with van der Waals surface area (Å²) in [7, 11) is -1.00. The van der Waals surface area contributed by atoms with Crippen molar-refractivity contribution in [2.75, 3.05) is 6.61 Å². The second kappa shape index (κ2) is 2.33. The normalized spacial score (nSPS) is 35.5. The van der Waals surface area contributed by atoms with Crippen LogP contribution in [0.2, 0.25) is 25.2 Å². The van der Waals surface area contributed by atoms with Crippen molar-refractivity contribution in [1.29, 1.82) is 0 Å². The highest BCUT2D eigenvalue weighted by molar-refractivity contribution is 6.78. The van der Waals surface area contributed by atoms with Gasteiger partial charge >= 0.3 is 0 Å². The Hall–Kier alpha value is 0.177. The van der Waals surface area contributed by atoms with E-state index in [1.54, 1.807) is 0 Å². The molecule has 2 unspecified atom stereocenters. The largest absolute Gasteiger partial charge is 0.396 e. The topological polar surface area (TPSA) is 20.2 Å². The molecular formula is C9H20OSi. The molecule has 1 fully saturated rings. The lowest BCUT2D eigenvalue weighted by atomic mass is 10.1. The molecule has 0 amide bonds. The second-order valence-corrected chi connectivity index (χ2v) is 10.8. The van der Waals surface area contributed by atoms with Gasteiger partial charge in [-0.25, -0.2) is 0 Å². The average Bonchev–Trinajstić information content (AvgIpc) is 2.31. The minimum atomic E-state index is -1.00. The number of rotatable bonds is 2. The lowest BCUT2D eigenvalue weighted by Crippen LogP contribution is -2.22. The molecule has 11 heavy (non-hydrogen) atoms. The summed E-state index contributed by atoms with van der Waals surface area (Å²) in [6, 6.07) is 0. The first-order valence-corrected chi connectivity index (χ1v) is 8.00. The average molecular weight is 172 g/mol. The van der Waals surface area contributed by atoms with E-state index in [0.29, 0.717) is 17.9 Å². The Morgan fingerprint density at radius 2 is 1.73 bits per heavy atom. The van der Waals surface area contributed by atoms with Crippen LogP contribution in [0.25, 0.3) is 0 Å². The lowest BCUT2D eigenvalue weighted by Gasteiger charge is -2.17. The van der Waals surface area contributed by atoms with Gasteiger partial charge in [-0.2, -0.15) is 0 Å². The Balaban J connectivity index is 2.66. The van der Waals surface area contributed by atoms with Crippen LogP contribution >= 0.6 is 0 Å². The van der Waals surface area contributed by atoms with Crippen molar-refractivity contribution in [1.82, 2.24) is 0 Å². The molecule has 1 rings (SSSR count). The van der Waals surface area contributed by atoms with Gasteiger partial charge in [0.15, 0.2) is 0 Å². The molecule has 0 bridgehead atoms. The van der Waals surface area contributed by atoms with Crippen molar-refractivity contribution in [2.45, 2.75) is 39.0 Å². The second-order valence-electron chi connectivity index (χ2n) is 5.45. The SMILES string of the molecule is CC1(C)C(CO)C1[Si](C)(C)C. The maximum Gasteiger partial charge on any atom is 0.0483 e. The summed E-state index contributed by atoms with van der Waals surface area (Å²) < 4.78 is 0. The molecule has 2 atom stereocenters. The monoisotopic (exact) mass is 172 g/mol. The zero-order valence-corrected chi connectivity index (χ0v) is 9.31. The van der Waals surface area contributed by atoms with E-state index < -0.39 is 8.07 Å². The molecule has 0 aromatic heterocycles. The van der Waals surface area contributed by atoms with Crippen molar-refractivity contribution in [3.8, 4) is 0 Å². The molecule has 0 radical (unpaired) electrons. The predicted octanol–water partition coefficient (Wildman–Crippen LogP) is 2.34. The highest BCUT2D eigenvalue weighted by atomic mass is 28.3. The Kier molecular flexibility index (Phi) is 1.96. The molecule has 1 aliphatic carbocycles. The van der Waals surface area contributed by atoms with E-state index >= 15 is 0 Å². The summed E-state index contributed by atoms with van der Waals surface area (Å²) in [6.45, 7) is 12.2. The van der Waals surface area contributed by atoms with Gasteiger partial charge in [0, 0.05) is 14.7 Å². The molecule has 0 saturated heterocycles. The lowest BCUT2D eigenvalue weighted by molar-refractivity contribution is 0.257. The van der Waals surface area contributed by atoms with Gasteiger partial charge in [-0.3, -0.25) is 0 Å². The van der Waals surface area contributed by atoms with Crippen molar-refractivity contribution in [3.63, 3.8) is 0 Å². The Morgan fingerprint density at radius 3 is 1.82 bits per heavy atom. The molecule has 1 aliphatic rings. The van der Waals surface area contributed by atoms with Gasteiger partial charge in [0.2, 0.25) is 0 Å². The molecule has 0 heterocycles. The van der Waals surface area contributed by atoms with Gasteiger partial charge in [-0.1, -0.05) is 33.5 Å². The van der Waals surface area contributed by atoms with E-state index in [9.17, 15) is 0 Å². The first-order valence-electron chi connectivity index (χ1n) is 4.42. The van der Waals surface area contributed by atoms with E-state index in [-0.39, 0.29) is 0 Å². The molecule has 0 spiro atoms. The quantitative estimate of drug-likeness (QED) is 0.634. The Morgan fingerprint density at radius 1 is 1.27 bits per heavy atom. The molecule has 0 aliphatic heterocycles. The number of hydrogen-bond donors (Lipinski definition) is 1. The van der Waals surface area contributed by atoms with Crippen LogP contribution in [0.15, 0.2) is 0 Å². The van der Waals surface area contributed by atoms with Crippen molar-refractivity contribution < 1.29 is 5.11 Å². The van der Waals surface area contributed by atoms with E-state index in [2.05, 4.69) is 33.5 Å². The van der Waals surface area contributed by atoms with E-state index in [1.807, 2.05) is 0 Å². The number of hydrogen-bond acceptors (Lipinski definition) is 1.